The minimum Gasteiger partial charge on any atom is -0.324 e. The van der Waals surface area contributed by atoms with Crippen molar-refractivity contribution in [1.29, 1.82) is 0 Å². The number of aromatic nitrogens is 2. The van der Waals surface area contributed by atoms with Crippen LogP contribution in [-0.4, -0.2) is 15.9 Å². The zero-order valence-corrected chi connectivity index (χ0v) is 13.4. The second-order valence-corrected chi connectivity index (χ2v) is 5.42. The molecule has 5 nitrogen and oxygen atoms in total. The summed E-state index contributed by atoms with van der Waals surface area (Å²) in [6.45, 7) is 0. The molecule has 2 N–H and O–H groups in total. The maximum atomic E-state index is 13.1. The predicted octanol–water partition coefficient (Wildman–Crippen LogP) is 4.40. The molecule has 0 radical (unpaired) electrons. The summed E-state index contributed by atoms with van der Waals surface area (Å²) in [5.41, 5.74) is 1.03. The average molecular weight is 361 g/mol. The highest BCUT2D eigenvalue weighted by molar-refractivity contribution is 6.31. The lowest BCUT2D eigenvalue weighted by molar-refractivity contribution is 0.102. The summed E-state index contributed by atoms with van der Waals surface area (Å²) >= 11 is 5.70. The van der Waals surface area contributed by atoms with E-state index < -0.39 is 17.5 Å². The van der Waals surface area contributed by atoms with Gasteiger partial charge >= 0.3 is 0 Å². The quantitative estimate of drug-likeness (QED) is 0.723. The Bertz CT molecular complexity index is 919. The Kier molecular flexibility index (Phi) is 4.85. The molecule has 1 heterocycles. The molecule has 0 fully saturated rings. The van der Waals surface area contributed by atoms with Crippen molar-refractivity contribution >= 4 is 34.8 Å². The fourth-order valence-electron chi connectivity index (χ4n) is 1.98. The van der Waals surface area contributed by atoms with Gasteiger partial charge in [-0.3, -0.25) is 4.79 Å². The van der Waals surface area contributed by atoms with Crippen LogP contribution in [0.5, 0.6) is 0 Å². The van der Waals surface area contributed by atoms with Crippen molar-refractivity contribution in [3.8, 4) is 0 Å². The Balaban J connectivity index is 1.69. The molecule has 1 aromatic heterocycles. The standard InChI is InChI=1S/C17H11ClF2N4O/c18-14-7-13(4-5-15(14)20)24-17-21-8-10(9-22-17)16(25)23-12-3-1-2-11(19)6-12/h1-9H,(H,23,25)(H,21,22,24). The van der Waals surface area contributed by atoms with E-state index in [9.17, 15) is 13.6 Å². The van der Waals surface area contributed by atoms with Crippen molar-refractivity contribution in [2.24, 2.45) is 0 Å². The van der Waals surface area contributed by atoms with Crippen LogP contribution >= 0.6 is 11.6 Å². The zero-order valence-electron chi connectivity index (χ0n) is 12.6. The summed E-state index contributed by atoms with van der Waals surface area (Å²) in [5, 5.41) is 5.35. The van der Waals surface area contributed by atoms with E-state index in [1.165, 1.54) is 48.8 Å². The molecule has 0 saturated heterocycles. The summed E-state index contributed by atoms with van der Waals surface area (Å²) < 4.78 is 26.2. The topological polar surface area (TPSA) is 66.9 Å². The molecular formula is C17H11ClF2N4O. The molecule has 0 unspecified atom stereocenters. The van der Waals surface area contributed by atoms with E-state index in [1.807, 2.05) is 0 Å². The van der Waals surface area contributed by atoms with Crippen molar-refractivity contribution in [3.05, 3.63) is 77.1 Å². The fraction of sp³-hybridized carbons (Fsp3) is 0. The van der Waals surface area contributed by atoms with Crippen molar-refractivity contribution in [2.75, 3.05) is 10.6 Å². The monoisotopic (exact) mass is 360 g/mol. The van der Waals surface area contributed by atoms with Crippen LogP contribution < -0.4 is 10.6 Å². The third kappa shape index (κ3) is 4.27. The Labute approximate surface area is 146 Å². The number of rotatable bonds is 4. The van der Waals surface area contributed by atoms with Crippen LogP contribution in [-0.2, 0) is 0 Å². The smallest absolute Gasteiger partial charge is 0.258 e. The van der Waals surface area contributed by atoms with Gasteiger partial charge in [0.2, 0.25) is 5.95 Å². The molecule has 0 atom stereocenters. The van der Waals surface area contributed by atoms with Gasteiger partial charge in [-0.2, -0.15) is 0 Å². The predicted molar refractivity (Wildman–Crippen MR) is 91.1 cm³/mol. The molecule has 0 aliphatic carbocycles. The van der Waals surface area contributed by atoms with Crippen LogP contribution in [0.25, 0.3) is 0 Å². The number of carbonyl (C=O) groups excluding carboxylic acids is 1. The number of anilines is 3. The first-order chi connectivity index (χ1) is 12.0. The lowest BCUT2D eigenvalue weighted by Gasteiger charge is -2.07. The van der Waals surface area contributed by atoms with Gasteiger partial charge in [0.1, 0.15) is 11.6 Å². The zero-order chi connectivity index (χ0) is 17.8. The Morgan fingerprint density at radius 3 is 2.44 bits per heavy atom. The molecular weight excluding hydrogens is 350 g/mol. The van der Waals surface area contributed by atoms with Crippen LogP contribution in [0.15, 0.2) is 54.9 Å². The Hall–Kier alpha value is -3.06. The summed E-state index contributed by atoms with van der Waals surface area (Å²) in [6.07, 6.45) is 2.63. The number of nitrogens with zero attached hydrogens (tertiary/aromatic N) is 2. The van der Waals surface area contributed by atoms with Gasteiger partial charge in [-0.25, -0.2) is 18.7 Å². The third-order valence-corrected chi connectivity index (χ3v) is 3.46. The SMILES string of the molecule is O=C(Nc1cccc(F)c1)c1cnc(Nc2ccc(F)c(Cl)c2)nc1. The maximum absolute atomic E-state index is 13.1. The van der Waals surface area contributed by atoms with Gasteiger partial charge in [-0.05, 0) is 36.4 Å². The van der Waals surface area contributed by atoms with Crippen molar-refractivity contribution in [2.45, 2.75) is 0 Å². The summed E-state index contributed by atoms with van der Waals surface area (Å²) in [7, 11) is 0. The normalized spacial score (nSPS) is 10.4. The summed E-state index contributed by atoms with van der Waals surface area (Å²) in [5.74, 6) is -1.24. The number of nitrogens with one attached hydrogen (secondary N) is 2. The summed E-state index contributed by atoms with van der Waals surface area (Å²) in [6, 6.07) is 9.62. The van der Waals surface area contributed by atoms with Crippen LogP contribution in [0.3, 0.4) is 0 Å². The lowest BCUT2D eigenvalue weighted by Crippen LogP contribution is -2.13. The van der Waals surface area contributed by atoms with Gasteiger partial charge in [0.05, 0.1) is 10.6 Å². The number of benzene rings is 2. The summed E-state index contributed by atoms with van der Waals surface area (Å²) in [4.78, 5) is 20.1. The van der Waals surface area contributed by atoms with E-state index >= 15 is 0 Å². The van der Waals surface area contributed by atoms with Gasteiger partial charge in [-0.1, -0.05) is 17.7 Å². The minimum atomic E-state index is -0.530. The first-order valence-corrected chi connectivity index (χ1v) is 7.50. The van der Waals surface area contributed by atoms with Gasteiger partial charge in [0.15, 0.2) is 0 Å². The lowest BCUT2D eigenvalue weighted by atomic mass is 10.2. The average Bonchev–Trinajstić information content (AvgIpc) is 2.59. The number of hydrogen-bond acceptors (Lipinski definition) is 4. The van der Waals surface area contributed by atoms with E-state index in [0.717, 1.165) is 0 Å². The largest absolute Gasteiger partial charge is 0.324 e. The highest BCUT2D eigenvalue weighted by Crippen LogP contribution is 2.21. The van der Waals surface area contributed by atoms with E-state index in [0.29, 0.717) is 11.4 Å². The highest BCUT2D eigenvalue weighted by atomic mass is 35.5. The first kappa shape index (κ1) is 16.8. The molecule has 0 aliphatic heterocycles. The third-order valence-electron chi connectivity index (χ3n) is 3.17. The number of carbonyl (C=O) groups is 1. The van der Waals surface area contributed by atoms with Gasteiger partial charge in [0.25, 0.3) is 5.91 Å². The molecule has 3 rings (SSSR count). The van der Waals surface area contributed by atoms with Crippen molar-refractivity contribution in [3.63, 3.8) is 0 Å². The van der Waals surface area contributed by atoms with Gasteiger partial charge < -0.3 is 10.6 Å². The van der Waals surface area contributed by atoms with Gasteiger partial charge in [-0.15, -0.1) is 0 Å². The van der Waals surface area contributed by atoms with Gasteiger partial charge in [0, 0.05) is 23.8 Å². The van der Waals surface area contributed by atoms with Crippen LogP contribution in [0.1, 0.15) is 10.4 Å². The molecule has 8 heteroatoms. The van der Waals surface area contributed by atoms with E-state index in [2.05, 4.69) is 20.6 Å². The van der Waals surface area contributed by atoms with Crippen LogP contribution in [0, 0.1) is 11.6 Å². The van der Waals surface area contributed by atoms with E-state index in [-0.39, 0.29) is 16.5 Å². The minimum absolute atomic E-state index is 0.0314. The fourth-order valence-corrected chi connectivity index (χ4v) is 2.16. The van der Waals surface area contributed by atoms with Crippen LogP contribution in [0.4, 0.5) is 26.1 Å². The number of hydrogen-bond donors (Lipinski definition) is 2. The second-order valence-electron chi connectivity index (χ2n) is 5.01. The van der Waals surface area contributed by atoms with E-state index in [1.54, 1.807) is 6.07 Å². The molecule has 0 spiro atoms. The molecule has 126 valence electrons. The Morgan fingerprint density at radius 2 is 1.76 bits per heavy atom. The molecule has 3 aromatic rings. The molecule has 0 saturated carbocycles. The molecule has 0 bridgehead atoms. The number of amides is 1. The molecule has 25 heavy (non-hydrogen) atoms. The second kappa shape index (κ2) is 7.23. The maximum Gasteiger partial charge on any atom is 0.258 e. The van der Waals surface area contributed by atoms with E-state index in [4.69, 9.17) is 11.6 Å². The molecule has 1 amide bonds. The Morgan fingerprint density at radius 1 is 1.00 bits per heavy atom. The first-order valence-electron chi connectivity index (χ1n) is 7.12. The molecule has 0 aliphatic rings. The van der Waals surface area contributed by atoms with Crippen molar-refractivity contribution < 1.29 is 13.6 Å². The van der Waals surface area contributed by atoms with Crippen LogP contribution in [0.2, 0.25) is 5.02 Å². The molecule has 2 aromatic carbocycles. The number of halogens is 3. The van der Waals surface area contributed by atoms with Crippen molar-refractivity contribution in [1.82, 2.24) is 9.97 Å². The highest BCUT2D eigenvalue weighted by Gasteiger charge is 2.09.